The second-order valence-corrected chi connectivity index (χ2v) is 13.6. The lowest BCUT2D eigenvalue weighted by atomic mass is 9.99. The molecule has 2 aromatic carbocycles. The van der Waals surface area contributed by atoms with E-state index >= 15 is 0 Å². The van der Waals surface area contributed by atoms with Crippen LogP contribution in [-0.4, -0.2) is 43.5 Å². The molecule has 1 unspecified atom stereocenters. The molecule has 0 bridgehead atoms. The summed E-state index contributed by atoms with van der Waals surface area (Å²) in [6.07, 6.45) is 5.89. The van der Waals surface area contributed by atoms with Crippen LogP contribution in [0.4, 0.5) is 5.69 Å². The summed E-state index contributed by atoms with van der Waals surface area (Å²) in [5.74, 6) is -0.150. The highest BCUT2D eigenvalue weighted by molar-refractivity contribution is 6.39. The fourth-order valence-electron chi connectivity index (χ4n) is 6.73. The Hall–Kier alpha value is -5.30. The molecular formula is C38H35Cl2N7O5. The van der Waals surface area contributed by atoms with Crippen molar-refractivity contribution < 1.29 is 14.3 Å². The van der Waals surface area contributed by atoms with E-state index in [-0.39, 0.29) is 40.9 Å². The van der Waals surface area contributed by atoms with Crippen molar-refractivity contribution >= 4 is 40.7 Å². The average molecular weight is 741 g/mol. The number of amides is 2. The number of ether oxygens (including phenoxy) is 1. The summed E-state index contributed by atoms with van der Waals surface area (Å²) in [6, 6.07) is 18.5. The fraction of sp³-hybridized carbons (Fsp3) is 0.263. The maximum atomic E-state index is 13.2. The molecule has 12 nitrogen and oxygen atoms in total. The first-order valence-corrected chi connectivity index (χ1v) is 17.6. The first kappa shape index (κ1) is 35.1. The van der Waals surface area contributed by atoms with Crippen molar-refractivity contribution in [3.8, 4) is 28.3 Å². The molecule has 3 aromatic heterocycles. The van der Waals surface area contributed by atoms with Gasteiger partial charge in [-0.05, 0) is 49.1 Å². The van der Waals surface area contributed by atoms with Crippen molar-refractivity contribution in [1.29, 1.82) is 0 Å². The van der Waals surface area contributed by atoms with Gasteiger partial charge >= 0.3 is 5.69 Å². The van der Waals surface area contributed by atoms with Crippen LogP contribution in [0.2, 0.25) is 10.0 Å². The van der Waals surface area contributed by atoms with Gasteiger partial charge in [0.1, 0.15) is 12.2 Å². The van der Waals surface area contributed by atoms with Crippen LogP contribution >= 0.6 is 23.2 Å². The zero-order chi connectivity index (χ0) is 36.5. The van der Waals surface area contributed by atoms with E-state index in [4.69, 9.17) is 32.9 Å². The van der Waals surface area contributed by atoms with E-state index < -0.39 is 17.2 Å². The zero-order valence-electron chi connectivity index (χ0n) is 28.4. The van der Waals surface area contributed by atoms with Gasteiger partial charge in [0.2, 0.25) is 11.8 Å². The van der Waals surface area contributed by atoms with Crippen LogP contribution in [0.15, 0.2) is 82.6 Å². The number of aromatic nitrogens is 4. The molecule has 2 atom stereocenters. The summed E-state index contributed by atoms with van der Waals surface area (Å²) in [5, 5.41) is 9.98. The zero-order valence-corrected chi connectivity index (χ0v) is 29.9. The Balaban J connectivity index is 1.21. The van der Waals surface area contributed by atoms with Crippen molar-refractivity contribution in [2.45, 2.75) is 44.4 Å². The van der Waals surface area contributed by atoms with Gasteiger partial charge in [-0.2, -0.15) is 0 Å². The molecule has 52 heavy (non-hydrogen) atoms. The molecule has 266 valence electrons. The average Bonchev–Trinajstić information content (AvgIpc) is 3.77. The Morgan fingerprint density at radius 3 is 2.48 bits per heavy atom. The number of fused-ring (bicyclic) bond motifs is 1. The first-order chi connectivity index (χ1) is 25.1. The topological polar surface area (TPSA) is 149 Å². The van der Waals surface area contributed by atoms with Gasteiger partial charge in [0, 0.05) is 73.8 Å². The van der Waals surface area contributed by atoms with Gasteiger partial charge in [0.05, 0.1) is 27.1 Å². The van der Waals surface area contributed by atoms with Gasteiger partial charge in [0.25, 0.3) is 11.5 Å². The summed E-state index contributed by atoms with van der Waals surface area (Å²) in [4.78, 5) is 59.2. The minimum Gasteiger partial charge on any atom is -0.471 e. The SMILES string of the molecule is Cn1cc(C(=O)Nc2cccc(-c3cccc(-c4cc5c(c(OCc6ccccn6)n4)[C@@H](NCC4CCC(=O)N4)CC5)c3Cl)c2Cl)c(=O)n(C)c1=O. The number of aryl methyl sites for hydroxylation is 2. The highest BCUT2D eigenvalue weighted by Gasteiger charge is 2.31. The lowest BCUT2D eigenvalue weighted by Gasteiger charge is -2.20. The molecule has 0 radical (unpaired) electrons. The second-order valence-electron chi connectivity index (χ2n) is 12.9. The predicted molar refractivity (Wildman–Crippen MR) is 199 cm³/mol. The van der Waals surface area contributed by atoms with E-state index in [1.54, 1.807) is 24.4 Å². The molecule has 1 aliphatic carbocycles. The number of hydrogen-bond donors (Lipinski definition) is 3. The predicted octanol–water partition coefficient (Wildman–Crippen LogP) is 5.20. The van der Waals surface area contributed by atoms with Crippen molar-refractivity contribution in [1.82, 2.24) is 29.7 Å². The minimum atomic E-state index is -0.724. The molecule has 1 aliphatic heterocycles. The van der Waals surface area contributed by atoms with Crippen LogP contribution in [0.3, 0.4) is 0 Å². The molecule has 3 N–H and O–H groups in total. The molecule has 4 heterocycles. The maximum absolute atomic E-state index is 13.2. The van der Waals surface area contributed by atoms with Crippen molar-refractivity contribution in [2.24, 2.45) is 14.1 Å². The molecule has 0 saturated carbocycles. The van der Waals surface area contributed by atoms with Crippen LogP contribution in [0.1, 0.15) is 52.5 Å². The molecular weight excluding hydrogens is 705 g/mol. The van der Waals surface area contributed by atoms with Crippen molar-refractivity contribution in [3.63, 3.8) is 0 Å². The normalized spacial score (nSPS) is 16.4. The van der Waals surface area contributed by atoms with Crippen molar-refractivity contribution in [2.75, 3.05) is 11.9 Å². The smallest absolute Gasteiger partial charge is 0.330 e. The summed E-state index contributed by atoms with van der Waals surface area (Å²) in [5.41, 5.74) is 4.05. The second kappa shape index (κ2) is 14.7. The van der Waals surface area contributed by atoms with Crippen LogP contribution < -0.4 is 31.9 Å². The third-order valence-corrected chi connectivity index (χ3v) is 10.3. The van der Waals surface area contributed by atoms with Crippen LogP contribution in [0.5, 0.6) is 5.88 Å². The third kappa shape index (κ3) is 6.97. The quantitative estimate of drug-likeness (QED) is 0.177. The Kier molecular flexibility index (Phi) is 9.96. The third-order valence-electron chi connectivity index (χ3n) is 9.44. The van der Waals surface area contributed by atoms with Crippen molar-refractivity contribution in [3.05, 3.63) is 126 Å². The number of anilines is 1. The highest BCUT2D eigenvalue weighted by Crippen LogP contribution is 2.44. The number of nitrogens with one attached hydrogen (secondary N) is 3. The molecule has 0 spiro atoms. The van der Waals surface area contributed by atoms with E-state index in [0.29, 0.717) is 46.3 Å². The van der Waals surface area contributed by atoms with Gasteiger partial charge in [0.15, 0.2) is 0 Å². The number of rotatable bonds is 10. The van der Waals surface area contributed by atoms with Crippen LogP contribution in [-0.2, 0) is 31.9 Å². The Labute approximate surface area is 308 Å². The molecule has 5 aromatic rings. The number of carbonyl (C=O) groups excluding carboxylic acids is 2. The monoisotopic (exact) mass is 739 g/mol. The van der Waals surface area contributed by atoms with Crippen LogP contribution in [0, 0.1) is 0 Å². The molecule has 1 saturated heterocycles. The van der Waals surface area contributed by atoms with Crippen LogP contribution in [0.25, 0.3) is 22.4 Å². The number of hydrogen-bond acceptors (Lipinski definition) is 8. The standard InChI is InChI=1S/C38H35Cl2N7O5/c1-46-19-27(37(50)47(2)38(46)51)35(49)44-29-11-6-9-25(34(29)40)24-8-5-10-26(33(24)39)30-17-21-12-14-28(42-18-22-13-15-31(48)43-22)32(21)36(45-30)52-20-23-7-3-4-16-41-23/h3-11,16-17,19,22,28,42H,12-15,18,20H2,1-2H3,(H,43,48)(H,44,49)/t22?,28-/m0/s1. The Bertz CT molecular complexity index is 2330. The molecule has 2 amide bonds. The molecule has 14 heteroatoms. The maximum Gasteiger partial charge on any atom is 0.330 e. The van der Waals surface area contributed by atoms with Gasteiger partial charge in [-0.3, -0.25) is 23.9 Å². The minimum absolute atomic E-state index is 0.00713. The van der Waals surface area contributed by atoms with E-state index in [2.05, 4.69) is 20.9 Å². The number of nitrogens with zero attached hydrogens (tertiary/aromatic N) is 4. The van der Waals surface area contributed by atoms with Gasteiger partial charge in [-0.15, -0.1) is 0 Å². The van der Waals surface area contributed by atoms with E-state index in [1.165, 1.54) is 20.3 Å². The summed E-state index contributed by atoms with van der Waals surface area (Å²) < 4.78 is 8.41. The van der Waals surface area contributed by atoms with E-state index in [0.717, 1.165) is 45.2 Å². The van der Waals surface area contributed by atoms with E-state index in [1.807, 2.05) is 42.5 Å². The van der Waals surface area contributed by atoms with Gasteiger partial charge in [-0.25, -0.2) is 9.78 Å². The molecule has 7 rings (SSSR count). The highest BCUT2D eigenvalue weighted by atomic mass is 35.5. The number of halogens is 2. The Morgan fingerprint density at radius 2 is 1.73 bits per heavy atom. The number of benzene rings is 2. The first-order valence-electron chi connectivity index (χ1n) is 16.8. The summed E-state index contributed by atoms with van der Waals surface area (Å²) in [6.45, 7) is 0.871. The van der Waals surface area contributed by atoms with E-state index in [9.17, 15) is 19.2 Å². The lowest BCUT2D eigenvalue weighted by Crippen LogP contribution is -2.40. The largest absolute Gasteiger partial charge is 0.471 e. The summed E-state index contributed by atoms with van der Waals surface area (Å²) >= 11 is 14.0. The lowest BCUT2D eigenvalue weighted by molar-refractivity contribution is -0.119. The molecule has 1 fully saturated rings. The van der Waals surface area contributed by atoms with Gasteiger partial charge < -0.3 is 25.3 Å². The Morgan fingerprint density at radius 1 is 0.962 bits per heavy atom. The number of carbonyl (C=O) groups is 2. The fourth-order valence-corrected chi connectivity index (χ4v) is 7.33. The summed E-state index contributed by atoms with van der Waals surface area (Å²) in [7, 11) is 2.77. The van der Waals surface area contributed by atoms with Gasteiger partial charge in [-0.1, -0.05) is 59.6 Å². The number of pyridine rings is 2. The molecule has 2 aliphatic rings.